The van der Waals surface area contributed by atoms with Gasteiger partial charge >= 0.3 is 0 Å². The quantitative estimate of drug-likeness (QED) is 0.820. The van der Waals surface area contributed by atoms with Gasteiger partial charge in [0, 0.05) is 37.6 Å². The highest BCUT2D eigenvalue weighted by molar-refractivity contribution is 5.08. The highest BCUT2D eigenvalue weighted by Crippen LogP contribution is 2.15. The molecule has 2 rings (SSSR count). The Labute approximate surface area is 97.9 Å². The zero-order valence-corrected chi connectivity index (χ0v) is 10.2. The van der Waals surface area contributed by atoms with E-state index in [0.717, 1.165) is 19.6 Å². The molecule has 88 valence electrons. The molecule has 1 aromatic rings. The SMILES string of the molecule is CC1CCNCC(C)N1Cc1cccnc1. The zero-order chi connectivity index (χ0) is 11.4. The van der Waals surface area contributed by atoms with E-state index >= 15 is 0 Å². The Morgan fingerprint density at radius 1 is 1.44 bits per heavy atom. The molecule has 1 aliphatic heterocycles. The summed E-state index contributed by atoms with van der Waals surface area (Å²) >= 11 is 0. The molecule has 2 atom stereocenters. The topological polar surface area (TPSA) is 28.2 Å². The first-order chi connectivity index (χ1) is 7.77. The average Bonchev–Trinajstić information content (AvgIpc) is 2.46. The number of pyridine rings is 1. The van der Waals surface area contributed by atoms with Crippen LogP contribution in [0.1, 0.15) is 25.8 Å². The Morgan fingerprint density at radius 3 is 3.06 bits per heavy atom. The van der Waals surface area contributed by atoms with E-state index in [0.29, 0.717) is 12.1 Å². The molecule has 0 bridgehead atoms. The summed E-state index contributed by atoms with van der Waals surface area (Å²) in [5.41, 5.74) is 1.31. The lowest BCUT2D eigenvalue weighted by Crippen LogP contribution is -2.41. The summed E-state index contributed by atoms with van der Waals surface area (Å²) in [6.07, 6.45) is 5.03. The van der Waals surface area contributed by atoms with Gasteiger partial charge in [-0.2, -0.15) is 0 Å². The van der Waals surface area contributed by atoms with E-state index in [9.17, 15) is 0 Å². The fourth-order valence-electron chi connectivity index (χ4n) is 2.35. The van der Waals surface area contributed by atoms with Crippen LogP contribution in [0.3, 0.4) is 0 Å². The van der Waals surface area contributed by atoms with Gasteiger partial charge in [-0.25, -0.2) is 0 Å². The molecule has 3 nitrogen and oxygen atoms in total. The Kier molecular flexibility index (Phi) is 3.91. The first-order valence-corrected chi connectivity index (χ1v) is 6.12. The molecule has 1 saturated heterocycles. The van der Waals surface area contributed by atoms with Crippen molar-refractivity contribution >= 4 is 0 Å². The molecule has 2 heterocycles. The van der Waals surface area contributed by atoms with Crippen LogP contribution in [0, 0.1) is 0 Å². The predicted octanol–water partition coefficient (Wildman–Crippen LogP) is 1.65. The minimum atomic E-state index is 0.595. The van der Waals surface area contributed by atoms with E-state index in [1.54, 1.807) is 0 Å². The van der Waals surface area contributed by atoms with Gasteiger partial charge in [0.05, 0.1) is 0 Å². The number of hydrogen-bond donors (Lipinski definition) is 1. The van der Waals surface area contributed by atoms with Gasteiger partial charge < -0.3 is 5.32 Å². The van der Waals surface area contributed by atoms with E-state index < -0.39 is 0 Å². The molecular formula is C13H21N3. The number of hydrogen-bond acceptors (Lipinski definition) is 3. The standard InChI is InChI=1S/C13H21N3/c1-11-5-7-15-8-12(2)16(11)10-13-4-3-6-14-9-13/h3-4,6,9,11-12,15H,5,7-8,10H2,1-2H3. The largest absolute Gasteiger partial charge is 0.315 e. The third-order valence-corrected chi connectivity index (χ3v) is 3.40. The Morgan fingerprint density at radius 2 is 2.31 bits per heavy atom. The number of rotatable bonds is 2. The molecule has 0 saturated carbocycles. The van der Waals surface area contributed by atoms with Crippen molar-refractivity contribution in [2.45, 2.75) is 38.9 Å². The molecule has 0 aromatic carbocycles. The summed E-state index contributed by atoms with van der Waals surface area (Å²) < 4.78 is 0. The minimum absolute atomic E-state index is 0.595. The normalized spacial score (nSPS) is 27.6. The maximum atomic E-state index is 4.18. The van der Waals surface area contributed by atoms with E-state index in [1.165, 1.54) is 12.0 Å². The lowest BCUT2D eigenvalue weighted by Gasteiger charge is -2.32. The number of nitrogens with one attached hydrogen (secondary N) is 1. The summed E-state index contributed by atoms with van der Waals surface area (Å²) in [6, 6.07) is 5.41. The average molecular weight is 219 g/mol. The fourth-order valence-corrected chi connectivity index (χ4v) is 2.35. The summed E-state index contributed by atoms with van der Waals surface area (Å²) in [5.74, 6) is 0. The van der Waals surface area contributed by atoms with Crippen LogP contribution in [0.25, 0.3) is 0 Å². The maximum absolute atomic E-state index is 4.18. The van der Waals surface area contributed by atoms with Crippen molar-refractivity contribution in [2.75, 3.05) is 13.1 Å². The molecule has 3 heteroatoms. The third-order valence-electron chi connectivity index (χ3n) is 3.40. The lowest BCUT2D eigenvalue weighted by molar-refractivity contribution is 0.154. The predicted molar refractivity (Wildman–Crippen MR) is 66.2 cm³/mol. The molecule has 16 heavy (non-hydrogen) atoms. The van der Waals surface area contributed by atoms with Gasteiger partial charge in [0.15, 0.2) is 0 Å². The highest BCUT2D eigenvalue weighted by atomic mass is 15.2. The second-order valence-electron chi connectivity index (χ2n) is 4.72. The first kappa shape index (κ1) is 11.6. The van der Waals surface area contributed by atoms with Gasteiger partial charge in [-0.3, -0.25) is 9.88 Å². The Bertz CT molecular complexity index is 300. The van der Waals surface area contributed by atoms with Gasteiger partial charge in [-0.1, -0.05) is 6.07 Å². The van der Waals surface area contributed by atoms with Gasteiger partial charge in [0.25, 0.3) is 0 Å². The van der Waals surface area contributed by atoms with E-state index in [1.807, 2.05) is 18.5 Å². The molecule has 1 aromatic heterocycles. The van der Waals surface area contributed by atoms with Crippen molar-refractivity contribution in [2.24, 2.45) is 0 Å². The molecule has 1 fully saturated rings. The van der Waals surface area contributed by atoms with Crippen LogP contribution in [-0.4, -0.2) is 35.1 Å². The van der Waals surface area contributed by atoms with Crippen LogP contribution in [0.5, 0.6) is 0 Å². The van der Waals surface area contributed by atoms with Crippen molar-refractivity contribution in [1.29, 1.82) is 0 Å². The van der Waals surface area contributed by atoms with Crippen molar-refractivity contribution in [1.82, 2.24) is 15.2 Å². The summed E-state index contributed by atoms with van der Waals surface area (Å²) in [5, 5.41) is 3.49. The first-order valence-electron chi connectivity index (χ1n) is 6.12. The van der Waals surface area contributed by atoms with Gasteiger partial charge in [0.1, 0.15) is 0 Å². The molecular weight excluding hydrogens is 198 g/mol. The van der Waals surface area contributed by atoms with Gasteiger partial charge in [-0.15, -0.1) is 0 Å². The zero-order valence-electron chi connectivity index (χ0n) is 10.2. The molecule has 0 aliphatic carbocycles. The second kappa shape index (κ2) is 5.41. The minimum Gasteiger partial charge on any atom is -0.315 e. The molecule has 0 radical (unpaired) electrons. The molecule has 2 unspecified atom stereocenters. The third kappa shape index (κ3) is 2.80. The van der Waals surface area contributed by atoms with Crippen LogP contribution in [-0.2, 0) is 6.54 Å². The van der Waals surface area contributed by atoms with Crippen LogP contribution in [0.2, 0.25) is 0 Å². The van der Waals surface area contributed by atoms with Crippen molar-refractivity contribution in [3.8, 4) is 0 Å². The number of aromatic nitrogens is 1. The van der Waals surface area contributed by atoms with E-state index in [2.05, 4.69) is 35.1 Å². The monoisotopic (exact) mass is 219 g/mol. The van der Waals surface area contributed by atoms with E-state index in [4.69, 9.17) is 0 Å². The summed E-state index contributed by atoms with van der Waals surface area (Å²) in [4.78, 5) is 6.75. The fraction of sp³-hybridized carbons (Fsp3) is 0.615. The van der Waals surface area contributed by atoms with Crippen LogP contribution < -0.4 is 5.32 Å². The van der Waals surface area contributed by atoms with Crippen LogP contribution in [0.4, 0.5) is 0 Å². The Balaban J connectivity index is 2.06. The lowest BCUT2D eigenvalue weighted by atomic mass is 10.1. The number of nitrogens with zero attached hydrogens (tertiary/aromatic N) is 2. The summed E-state index contributed by atoms with van der Waals surface area (Å²) in [7, 11) is 0. The van der Waals surface area contributed by atoms with Gasteiger partial charge in [-0.05, 0) is 38.4 Å². The van der Waals surface area contributed by atoms with E-state index in [-0.39, 0.29) is 0 Å². The molecule has 1 aliphatic rings. The summed E-state index contributed by atoms with van der Waals surface area (Å²) in [6.45, 7) is 7.85. The smallest absolute Gasteiger partial charge is 0.0312 e. The van der Waals surface area contributed by atoms with Crippen molar-refractivity contribution < 1.29 is 0 Å². The Hall–Kier alpha value is -0.930. The van der Waals surface area contributed by atoms with Crippen LogP contribution >= 0.6 is 0 Å². The highest BCUT2D eigenvalue weighted by Gasteiger charge is 2.22. The van der Waals surface area contributed by atoms with Gasteiger partial charge in [0.2, 0.25) is 0 Å². The van der Waals surface area contributed by atoms with Crippen molar-refractivity contribution in [3.05, 3.63) is 30.1 Å². The molecule has 1 N–H and O–H groups in total. The second-order valence-corrected chi connectivity index (χ2v) is 4.72. The van der Waals surface area contributed by atoms with Crippen LogP contribution in [0.15, 0.2) is 24.5 Å². The molecule has 0 spiro atoms. The van der Waals surface area contributed by atoms with Crippen molar-refractivity contribution in [3.63, 3.8) is 0 Å². The maximum Gasteiger partial charge on any atom is 0.0312 e. The molecule has 0 amide bonds.